The van der Waals surface area contributed by atoms with E-state index >= 15 is 0 Å². The SMILES string of the molecule is CC(c1ccc(I)cc1)N1C2CCC1C(C(=O)O)C2. The maximum atomic E-state index is 11.3. The van der Waals surface area contributed by atoms with Crippen LogP contribution in [0.3, 0.4) is 0 Å². The highest BCUT2D eigenvalue weighted by atomic mass is 127. The van der Waals surface area contributed by atoms with Crippen molar-refractivity contribution in [1.82, 2.24) is 4.90 Å². The van der Waals surface area contributed by atoms with Crippen LogP contribution in [0, 0.1) is 9.49 Å². The van der Waals surface area contributed by atoms with Gasteiger partial charge in [-0.15, -0.1) is 0 Å². The molecule has 3 rings (SSSR count). The monoisotopic (exact) mass is 371 g/mol. The van der Waals surface area contributed by atoms with Gasteiger partial charge in [-0.1, -0.05) is 12.1 Å². The van der Waals surface area contributed by atoms with Gasteiger partial charge in [-0.3, -0.25) is 9.69 Å². The van der Waals surface area contributed by atoms with Gasteiger partial charge in [0.2, 0.25) is 0 Å². The highest BCUT2D eigenvalue weighted by Gasteiger charge is 2.50. The third-order valence-electron chi connectivity index (χ3n) is 4.71. The maximum Gasteiger partial charge on any atom is 0.308 e. The summed E-state index contributed by atoms with van der Waals surface area (Å²) in [7, 11) is 0. The molecule has 0 amide bonds. The Morgan fingerprint density at radius 1 is 1.37 bits per heavy atom. The second kappa shape index (κ2) is 5.05. The van der Waals surface area contributed by atoms with Crippen LogP contribution in [-0.2, 0) is 4.79 Å². The van der Waals surface area contributed by atoms with Crippen LogP contribution < -0.4 is 0 Å². The zero-order chi connectivity index (χ0) is 13.6. The molecule has 0 saturated carbocycles. The fraction of sp³-hybridized carbons (Fsp3) is 0.533. The van der Waals surface area contributed by atoms with E-state index in [4.69, 9.17) is 0 Å². The van der Waals surface area contributed by atoms with E-state index in [2.05, 4.69) is 58.7 Å². The van der Waals surface area contributed by atoms with E-state index in [1.807, 2.05) is 0 Å². The molecule has 0 aromatic heterocycles. The molecule has 0 radical (unpaired) electrons. The van der Waals surface area contributed by atoms with Crippen molar-refractivity contribution in [3.63, 3.8) is 0 Å². The van der Waals surface area contributed by atoms with Crippen molar-refractivity contribution in [3.05, 3.63) is 33.4 Å². The summed E-state index contributed by atoms with van der Waals surface area (Å²) in [6.07, 6.45) is 3.02. The molecule has 4 atom stereocenters. The number of carboxylic acids is 1. The number of carbonyl (C=O) groups is 1. The Kier molecular flexibility index (Phi) is 3.55. The third-order valence-corrected chi connectivity index (χ3v) is 5.43. The van der Waals surface area contributed by atoms with Crippen LogP contribution in [0.1, 0.15) is 37.8 Å². The van der Waals surface area contributed by atoms with Gasteiger partial charge in [0.05, 0.1) is 5.92 Å². The maximum absolute atomic E-state index is 11.3. The Balaban J connectivity index is 1.83. The summed E-state index contributed by atoms with van der Waals surface area (Å²) in [6.45, 7) is 2.21. The Hall–Kier alpha value is -0.620. The average molecular weight is 371 g/mol. The molecule has 2 aliphatic rings. The lowest BCUT2D eigenvalue weighted by Gasteiger charge is -2.30. The van der Waals surface area contributed by atoms with Gasteiger partial charge in [0.25, 0.3) is 0 Å². The van der Waals surface area contributed by atoms with Gasteiger partial charge in [-0.2, -0.15) is 0 Å². The number of hydrogen-bond acceptors (Lipinski definition) is 2. The molecule has 4 heteroatoms. The van der Waals surface area contributed by atoms with E-state index in [0.717, 1.165) is 19.3 Å². The van der Waals surface area contributed by atoms with Crippen molar-refractivity contribution in [2.24, 2.45) is 5.92 Å². The first-order chi connectivity index (χ1) is 9.08. The Morgan fingerprint density at radius 2 is 2.05 bits per heavy atom. The second-order valence-corrected chi connectivity index (χ2v) is 6.90. The lowest BCUT2D eigenvalue weighted by Crippen LogP contribution is -2.34. The molecule has 1 aromatic carbocycles. The van der Waals surface area contributed by atoms with E-state index in [1.165, 1.54) is 9.13 Å². The molecule has 0 aliphatic carbocycles. The van der Waals surface area contributed by atoms with Crippen molar-refractivity contribution < 1.29 is 9.90 Å². The zero-order valence-corrected chi connectivity index (χ0v) is 13.1. The topological polar surface area (TPSA) is 40.5 Å². The number of aliphatic carboxylic acids is 1. The predicted octanol–water partition coefficient (Wildman–Crippen LogP) is 3.29. The summed E-state index contributed by atoms with van der Waals surface area (Å²) < 4.78 is 1.24. The number of benzene rings is 1. The summed E-state index contributed by atoms with van der Waals surface area (Å²) in [6, 6.07) is 9.59. The van der Waals surface area contributed by atoms with Gasteiger partial charge in [0.1, 0.15) is 0 Å². The minimum atomic E-state index is -0.619. The molecule has 2 heterocycles. The molecule has 2 saturated heterocycles. The fourth-order valence-electron chi connectivity index (χ4n) is 3.81. The molecule has 2 bridgehead atoms. The van der Waals surface area contributed by atoms with Gasteiger partial charge in [0.15, 0.2) is 0 Å². The van der Waals surface area contributed by atoms with E-state index in [9.17, 15) is 9.90 Å². The van der Waals surface area contributed by atoms with Gasteiger partial charge in [-0.25, -0.2) is 0 Å². The third kappa shape index (κ3) is 2.29. The number of nitrogens with zero attached hydrogens (tertiary/aromatic N) is 1. The summed E-state index contributed by atoms with van der Waals surface area (Å²) in [4.78, 5) is 13.8. The predicted molar refractivity (Wildman–Crippen MR) is 82.0 cm³/mol. The lowest BCUT2D eigenvalue weighted by atomic mass is 9.89. The average Bonchev–Trinajstić information content (AvgIpc) is 2.96. The first-order valence-corrected chi connectivity index (χ1v) is 7.91. The van der Waals surface area contributed by atoms with Crippen LogP contribution in [0.5, 0.6) is 0 Å². The van der Waals surface area contributed by atoms with Gasteiger partial charge >= 0.3 is 5.97 Å². The minimum absolute atomic E-state index is 0.162. The van der Waals surface area contributed by atoms with Crippen LogP contribution in [0.4, 0.5) is 0 Å². The van der Waals surface area contributed by atoms with Crippen LogP contribution in [0.15, 0.2) is 24.3 Å². The Bertz CT molecular complexity index is 487. The lowest BCUT2D eigenvalue weighted by molar-refractivity contribution is -0.142. The molecule has 2 fully saturated rings. The molecule has 2 aliphatic heterocycles. The molecule has 1 aromatic rings. The van der Waals surface area contributed by atoms with Gasteiger partial charge in [-0.05, 0) is 66.5 Å². The first kappa shape index (κ1) is 13.4. The second-order valence-electron chi connectivity index (χ2n) is 5.65. The number of hydrogen-bond donors (Lipinski definition) is 1. The Labute approximate surface area is 127 Å². The highest BCUT2D eigenvalue weighted by molar-refractivity contribution is 14.1. The molecular weight excluding hydrogens is 353 g/mol. The van der Waals surface area contributed by atoms with E-state index in [0.29, 0.717) is 12.1 Å². The smallest absolute Gasteiger partial charge is 0.308 e. The number of fused-ring (bicyclic) bond motifs is 2. The first-order valence-electron chi connectivity index (χ1n) is 6.83. The molecule has 19 heavy (non-hydrogen) atoms. The standard InChI is InChI=1S/C15H18INO2/c1-9(10-2-4-11(16)5-3-10)17-12-6-7-14(17)13(8-12)15(18)19/h2-5,9,12-14H,6-8H2,1H3,(H,18,19). The van der Waals surface area contributed by atoms with E-state index in [1.54, 1.807) is 0 Å². The van der Waals surface area contributed by atoms with Crippen molar-refractivity contribution >= 4 is 28.6 Å². The summed E-state index contributed by atoms with van der Waals surface area (Å²) in [5.41, 5.74) is 1.29. The van der Waals surface area contributed by atoms with Crippen LogP contribution in [0.25, 0.3) is 0 Å². The van der Waals surface area contributed by atoms with Crippen LogP contribution in [-0.4, -0.2) is 28.1 Å². The molecule has 1 N–H and O–H groups in total. The summed E-state index contributed by atoms with van der Waals surface area (Å²) >= 11 is 2.31. The number of halogens is 1. The summed E-state index contributed by atoms with van der Waals surface area (Å²) in [5.74, 6) is -0.781. The normalized spacial score (nSPS) is 31.6. The van der Waals surface area contributed by atoms with Crippen molar-refractivity contribution in [2.45, 2.75) is 44.3 Å². The molecule has 3 nitrogen and oxygen atoms in total. The van der Waals surface area contributed by atoms with E-state index in [-0.39, 0.29) is 12.0 Å². The van der Waals surface area contributed by atoms with Crippen molar-refractivity contribution in [2.75, 3.05) is 0 Å². The molecule has 0 spiro atoms. The largest absolute Gasteiger partial charge is 0.481 e. The van der Waals surface area contributed by atoms with Crippen LogP contribution >= 0.6 is 22.6 Å². The minimum Gasteiger partial charge on any atom is -0.481 e. The molecule has 102 valence electrons. The Morgan fingerprint density at radius 3 is 2.63 bits per heavy atom. The van der Waals surface area contributed by atoms with Gasteiger partial charge < -0.3 is 5.11 Å². The van der Waals surface area contributed by atoms with Crippen molar-refractivity contribution in [3.8, 4) is 0 Å². The number of rotatable bonds is 3. The fourth-order valence-corrected chi connectivity index (χ4v) is 4.17. The van der Waals surface area contributed by atoms with Crippen LogP contribution in [0.2, 0.25) is 0 Å². The van der Waals surface area contributed by atoms with Crippen molar-refractivity contribution in [1.29, 1.82) is 0 Å². The highest BCUT2D eigenvalue weighted by Crippen LogP contribution is 2.46. The molecule has 4 unspecified atom stereocenters. The summed E-state index contributed by atoms with van der Waals surface area (Å²) in [5, 5.41) is 9.31. The number of carboxylic acid groups (broad SMARTS) is 1. The van der Waals surface area contributed by atoms with Gasteiger partial charge in [0, 0.05) is 21.7 Å². The zero-order valence-electron chi connectivity index (χ0n) is 10.9. The van der Waals surface area contributed by atoms with E-state index < -0.39 is 5.97 Å². The molecular formula is C15H18INO2. The quantitative estimate of drug-likeness (QED) is 0.830.